The van der Waals surface area contributed by atoms with Crippen LogP contribution < -0.4 is 4.90 Å². The maximum atomic E-state index is 6.17. The minimum atomic E-state index is -0.556. The van der Waals surface area contributed by atoms with Gasteiger partial charge in [-0.3, -0.25) is 4.57 Å². The number of hydrogen-bond acceptors (Lipinski definition) is 5. The van der Waals surface area contributed by atoms with Crippen molar-refractivity contribution >= 4 is 40.9 Å². The Morgan fingerprint density at radius 3 is 2.62 bits per heavy atom. The van der Waals surface area contributed by atoms with Crippen molar-refractivity contribution in [1.29, 1.82) is 0 Å². The maximum Gasteiger partial charge on any atom is 0.228 e. The Morgan fingerprint density at radius 1 is 1.27 bits per heavy atom. The highest BCUT2D eigenvalue weighted by molar-refractivity contribution is 7.99. The van der Waals surface area contributed by atoms with Gasteiger partial charge >= 0.3 is 0 Å². The van der Waals surface area contributed by atoms with Gasteiger partial charge in [0.1, 0.15) is 10.1 Å². The molecule has 0 aromatic carbocycles. The summed E-state index contributed by atoms with van der Waals surface area (Å²) in [6.07, 6.45) is 3.82. The van der Waals surface area contributed by atoms with Crippen LogP contribution in [0.1, 0.15) is 32.4 Å². The number of furan rings is 1. The number of halogens is 2. The van der Waals surface area contributed by atoms with E-state index in [0.717, 1.165) is 42.1 Å². The first kappa shape index (κ1) is 18.5. The van der Waals surface area contributed by atoms with Crippen molar-refractivity contribution < 1.29 is 4.42 Å². The second-order valence-corrected chi connectivity index (χ2v) is 10.3. The standard InChI is InChI=1S/C18H24Cl2N4OS/c1-12-6-13(2)9-23(8-12)16-21-22-17(26-11-14-7-18(14,19)20)24(16)10-15-4-3-5-25-15/h3-5,12-14H,6-11H2,1-2H3/t12-,13-,14-/m1/s1. The molecule has 1 aliphatic carbocycles. The fourth-order valence-electron chi connectivity index (χ4n) is 3.77. The van der Waals surface area contributed by atoms with E-state index in [2.05, 4.69) is 33.5 Å². The smallest absolute Gasteiger partial charge is 0.228 e. The lowest BCUT2D eigenvalue weighted by molar-refractivity contribution is 0.350. The zero-order valence-corrected chi connectivity index (χ0v) is 17.4. The van der Waals surface area contributed by atoms with E-state index in [0.29, 0.717) is 24.3 Å². The van der Waals surface area contributed by atoms with Crippen molar-refractivity contribution in [2.24, 2.45) is 17.8 Å². The van der Waals surface area contributed by atoms with E-state index < -0.39 is 4.33 Å². The maximum absolute atomic E-state index is 6.17. The number of hydrogen-bond donors (Lipinski definition) is 0. The highest BCUT2D eigenvalue weighted by Crippen LogP contribution is 2.54. The Hall–Kier alpha value is -0.850. The molecule has 0 bridgehead atoms. The summed E-state index contributed by atoms with van der Waals surface area (Å²) >= 11 is 14.0. The Morgan fingerprint density at radius 2 is 2.00 bits per heavy atom. The third-order valence-corrected chi connectivity index (χ3v) is 7.17. The van der Waals surface area contributed by atoms with Crippen LogP contribution in [0.25, 0.3) is 0 Å². The molecule has 4 rings (SSSR count). The molecule has 0 N–H and O–H groups in total. The van der Waals surface area contributed by atoms with Crippen molar-refractivity contribution in [2.75, 3.05) is 23.7 Å². The number of alkyl halides is 2. The average molecular weight is 415 g/mol. The first-order valence-electron chi connectivity index (χ1n) is 9.13. The summed E-state index contributed by atoms with van der Waals surface area (Å²) in [7, 11) is 0. The minimum Gasteiger partial charge on any atom is -0.467 e. The van der Waals surface area contributed by atoms with E-state index in [1.54, 1.807) is 18.0 Å². The van der Waals surface area contributed by atoms with Gasteiger partial charge in [-0.05, 0) is 36.8 Å². The van der Waals surface area contributed by atoms with Crippen LogP contribution >= 0.6 is 35.0 Å². The topological polar surface area (TPSA) is 47.1 Å². The lowest BCUT2D eigenvalue weighted by atomic mass is 9.92. The fraction of sp³-hybridized carbons (Fsp3) is 0.667. The second-order valence-electron chi connectivity index (χ2n) is 7.77. The molecule has 1 saturated carbocycles. The van der Waals surface area contributed by atoms with Gasteiger partial charge in [0.05, 0.1) is 12.8 Å². The Balaban J connectivity index is 1.56. The zero-order chi connectivity index (χ0) is 18.3. The molecule has 2 aliphatic rings. The van der Waals surface area contributed by atoms with Crippen molar-refractivity contribution in [1.82, 2.24) is 14.8 Å². The Labute approximate surface area is 168 Å². The molecule has 0 amide bonds. The van der Waals surface area contributed by atoms with Crippen molar-refractivity contribution in [3.8, 4) is 0 Å². The molecule has 26 heavy (non-hydrogen) atoms. The van der Waals surface area contributed by atoms with E-state index in [1.165, 1.54) is 6.42 Å². The van der Waals surface area contributed by atoms with E-state index in [9.17, 15) is 0 Å². The number of aromatic nitrogens is 3. The van der Waals surface area contributed by atoms with Crippen LogP contribution in [0.5, 0.6) is 0 Å². The highest BCUT2D eigenvalue weighted by Gasteiger charge is 2.51. The van der Waals surface area contributed by atoms with E-state index >= 15 is 0 Å². The third-order valence-electron chi connectivity index (χ3n) is 5.11. The molecule has 142 valence electrons. The van der Waals surface area contributed by atoms with Crippen LogP contribution in [-0.4, -0.2) is 37.9 Å². The molecule has 2 aromatic rings. The lowest BCUT2D eigenvalue weighted by Crippen LogP contribution is -2.40. The molecule has 0 spiro atoms. The molecular formula is C18H24Cl2N4OS. The normalized spacial score (nSPS) is 27.7. The van der Waals surface area contributed by atoms with E-state index in [1.807, 2.05) is 12.1 Å². The number of piperidine rings is 1. The molecule has 3 heterocycles. The van der Waals surface area contributed by atoms with Gasteiger partial charge in [-0.2, -0.15) is 0 Å². The van der Waals surface area contributed by atoms with Crippen LogP contribution in [0.3, 0.4) is 0 Å². The summed E-state index contributed by atoms with van der Waals surface area (Å²) in [6, 6.07) is 3.90. The van der Waals surface area contributed by atoms with Crippen LogP contribution in [0.4, 0.5) is 5.95 Å². The van der Waals surface area contributed by atoms with Crippen LogP contribution in [0.15, 0.2) is 28.0 Å². The number of nitrogens with zero attached hydrogens (tertiary/aromatic N) is 4. The summed E-state index contributed by atoms with van der Waals surface area (Å²) in [6.45, 7) is 7.27. The van der Waals surface area contributed by atoms with Crippen molar-refractivity contribution in [3.63, 3.8) is 0 Å². The molecule has 8 heteroatoms. The SMILES string of the molecule is C[C@@H]1C[C@@H](C)CN(c2nnc(SC[C@H]3CC3(Cl)Cl)n2Cc2ccco2)C1. The van der Waals surface area contributed by atoms with Gasteiger partial charge < -0.3 is 9.32 Å². The largest absolute Gasteiger partial charge is 0.467 e. The molecule has 5 nitrogen and oxygen atoms in total. The predicted molar refractivity (Wildman–Crippen MR) is 106 cm³/mol. The van der Waals surface area contributed by atoms with Gasteiger partial charge in [0.25, 0.3) is 0 Å². The number of thioether (sulfide) groups is 1. The zero-order valence-electron chi connectivity index (χ0n) is 15.1. The van der Waals surface area contributed by atoms with Gasteiger partial charge in [0.2, 0.25) is 5.95 Å². The quantitative estimate of drug-likeness (QED) is 0.506. The monoisotopic (exact) mass is 414 g/mol. The highest BCUT2D eigenvalue weighted by atomic mass is 35.5. The molecule has 3 atom stereocenters. The number of anilines is 1. The van der Waals surface area contributed by atoms with E-state index in [-0.39, 0.29) is 0 Å². The molecule has 2 fully saturated rings. The minimum absolute atomic E-state index is 0.322. The summed E-state index contributed by atoms with van der Waals surface area (Å²) in [5.41, 5.74) is 0. The van der Waals surface area contributed by atoms with Crippen LogP contribution in [0.2, 0.25) is 0 Å². The first-order chi connectivity index (χ1) is 12.4. The van der Waals surface area contributed by atoms with Gasteiger partial charge in [0, 0.05) is 24.8 Å². The third kappa shape index (κ3) is 4.02. The van der Waals surface area contributed by atoms with Gasteiger partial charge in [-0.15, -0.1) is 33.4 Å². The Kier molecular flexibility index (Phi) is 5.19. The first-order valence-corrected chi connectivity index (χ1v) is 10.9. The molecule has 1 aliphatic heterocycles. The van der Waals surface area contributed by atoms with Gasteiger partial charge in [0.15, 0.2) is 5.16 Å². The van der Waals surface area contributed by atoms with Crippen molar-refractivity contribution in [2.45, 2.75) is 42.7 Å². The summed E-state index contributed by atoms with van der Waals surface area (Å²) in [4.78, 5) is 2.36. The molecule has 0 unspecified atom stereocenters. The molecule has 0 radical (unpaired) electrons. The van der Waals surface area contributed by atoms with Gasteiger partial charge in [-0.1, -0.05) is 25.6 Å². The Bertz CT molecular complexity index is 738. The molecule has 2 aromatic heterocycles. The summed E-state index contributed by atoms with van der Waals surface area (Å²) in [5.74, 6) is 4.33. The van der Waals surface area contributed by atoms with Crippen molar-refractivity contribution in [3.05, 3.63) is 24.2 Å². The van der Waals surface area contributed by atoms with Gasteiger partial charge in [-0.25, -0.2) is 0 Å². The second kappa shape index (κ2) is 7.28. The summed E-state index contributed by atoms with van der Waals surface area (Å²) in [5, 5.41) is 9.91. The fourth-order valence-corrected chi connectivity index (χ4v) is 5.63. The number of rotatable bonds is 6. The molecule has 1 saturated heterocycles. The average Bonchev–Trinajstić information content (AvgIpc) is 2.98. The van der Waals surface area contributed by atoms with Crippen LogP contribution in [0, 0.1) is 17.8 Å². The lowest BCUT2D eigenvalue weighted by Gasteiger charge is -2.35. The molecular weight excluding hydrogens is 391 g/mol. The van der Waals surface area contributed by atoms with E-state index in [4.69, 9.17) is 27.6 Å². The van der Waals surface area contributed by atoms with Crippen LogP contribution in [-0.2, 0) is 6.54 Å². The summed E-state index contributed by atoms with van der Waals surface area (Å²) < 4.78 is 7.18. The predicted octanol–water partition coefficient (Wildman–Crippen LogP) is 4.69.